The van der Waals surface area contributed by atoms with E-state index in [0.29, 0.717) is 12.6 Å². The Bertz CT molecular complexity index is 483. The largest absolute Gasteiger partial charge is 0.377 e. The fourth-order valence-electron chi connectivity index (χ4n) is 2.85. The van der Waals surface area contributed by atoms with Crippen molar-refractivity contribution < 1.29 is 14.3 Å². The summed E-state index contributed by atoms with van der Waals surface area (Å²) in [5.41, 5.74) is 1.99. The predicted octanol–water partition coefficient (Wildman–Crippen LogP) is 2.03. The van der Waals surface area contributed by atoms with Crippen molar-refractivity contribution in [2.45, 2.75) is 31.9 Å². The molecular formula is C16H22N2O3. The number of benzene rings is 1. The number of amides is 1. The fraction of sp³-hybridized carbons (Fsp3) is 0.562. The van der Waals surface area contributed by atoms with Gasteiger partial charge in [-0.05, 0) is 44.0 Å². The van der Waals surface area contributed by atoms with E-state index in [2.05, 4.69) is 17.1 Å². The van der Waals surface area contributed by atoms with Gasteiger partial charge in [0.15, 0.2) is 0 Å². The van der Waals surface area contributed by atoms with E-state index in [4.69, 9.17) is 9.47 Å². The summed E-state index contributed by atoms with van der Waals surface area (Å²) in [4.78, 5) is 14.3. The molecule has 21 heavy (non-hydrogen) atoms. The van der Waals surface area contributed by atoms with Gasteiger partial charge in [0, 0.05) is 30.6 Å². The lowest BCUT2D eigenvalue weighted by atomic mass is 10.2. The predicted molar refractivity (Wildman–Crippen MR) is 81.7 cm³/mol. The summed E-state index contributed by atoms with van der Waals surface area (Å²) in [6, 6.07) is 8.38. The number of ether oxygens (including phenoxy) is 2. The molecule has 0 aliphatic carbocycles. The second kappa shape index (κ2) is 6.45. The average molecular weight is 290 g/mol. The van der Waals surface area contributed by atoms with Gasteiger partial charge in [-0.15, -0.1) is 0 Å². The second-order valence-electron chi connectivity index (χ2n) is 5.66. The van der Waals surface area contributed by atoms with Crippen LogP contribution in [-0.2, 0) is 14.3 Å². The molecule has 2 fully saturated rings. The average Bonchev–Trinajstić information content (AvgIpc) is 3.03. The molecule has 0 radical (unpaired) electrons. The van der Waals surface area contributed by atoms with Gasteiger partial charge in [-0.1, -0.05) is 0 Å². The highest BCUT2D eigenvalue weighted by molar-refractivity contribution is 5.94. The van der Waals surface area contributed by atoms with Crippen LogP contribution in [0.5, 0.6) is 0 Å². The molecular weight excluding hydrogens is 268 g/mol. The molecule has 2 heterocycles. The Balaban J connectivity index is 1.62. The van der Waals surface area contributed by atoms with Gasteiger partial charge in [-0.3, -0.25) is 4.79 Å². The van der Waals surface area contributed by atoms with Gasteiger partial charge in [0.05, 0.1) is 13.2 Å². The van der Waals surface area contributed by atoms with E-state index in [1.807, 2.05) is 24.3 Å². The van der Waals surface area contributed by atoms with Crippen molar-refractivity contribution in [3.8, 4) is 0 Å². The Morgan fingerprint density at radius 1 is 1.29 bits per heavy atom. The highest BCUT2D eigenvalue weighted by Crippen LogP contribution is 2.22. The first-order chi connectivity index (χ1) is 10.2. The molecule has 2 saturated heterocycles. The minimum Gasteiger partial charge on any atom is -0.377 e. The third-order valence-corrected chi connectivity index (χ3v) is 4.06. The van der Waals surface area contributed by atoms with Gasteiger partial charge in [0.1, 0.15) is 6.10 Å². The molecule has 2 aliphatic heterocycles. The van der Waals surface area contributed by atoms with Crippen LogP contribution >= 0.6 is 0 Å². The molecule has 0 bridgehead atoms. The molecule has 114 valence electrons. The summed E-state index contributed by atoms with van der Waals surface area (Å²) in [5.74, 6) is -0.0417. The van der Waals surface area contributed by atoms with Crippen molar-refractivity contribution in [2.75, 3.05) is 36.6 Å². The topological polar surface area (TPSA) is 50.8 Å². The van der Waals surface area contributed by atoms with E-state index in [1.54, 1.807) is 0 Å². The van der Waals surface area contributed by atoms with Crippen LogP contribution in [0.1, 0.15) is 19.8 Å². The molecule has 1 amide bonds. The van der Waals surface area contributed by atoms with Crippen molar-refractivity contribution >= 4 is 17.3 Å². The smallest absolute Gasteiger partial charge is 0.253 e. The molecule has 0 aromatic heterocycles. The van der Waals surface area contributed by atoms with Crippen LogP contribution < -0.4 is 10.2 Å². The fourth-order valence-corrected chi connectivity index (χ4v) is 2.85. The summed E-state index contributed by atoms with van der Waals surface area (Å²) in [7, 11) is 0. The number of carbonyl (C=O) groups excluding carboxylic acids is 1. The number of rotatable bonds is 3. The molecule has 5 nitrogen and oxygen atoms in total. The Kier molecular flexibility index (Phi) is 4.41. The first-order valence-electron chi connectivity index (χ1n) is 7.61. The van der Waals surface area contributed by atoms with Crippen LogP contribution in [0.4, 0.5) is 11.4 Å². The van der Waals surface area contributed by atoms with Gasteiger partial charge in [-0.25, -0.2) is 0 Å². The first kappa shape index (κ1) is 14.4. The number of anilines is 2. The Hall–Kier alpha value is -1.59. The summed E-state index contributed by atoms with van der Waals surface area (Å²) in [6.07, 6.45) is 1.49. The Labute approximate surface area is 125 Å². The standard InChI is InChI=1S/C16H22N2O3/c1-12-11-20-10-8-18(12)14-6-4-13(5-7-14)17-16(19)15-3-2-9-21-15/h4-7,12,15H,2-3,8-11H2,1H3,(H,17,19). The van der Waals surface area contributed by atoms with Crippen LogP contribution in [0, 0.1) is 0 Å². The number of morpholine rings is 1. The maximum atomic E-state index is 12.0. The lowest BCUT2D eigenvalue weighted by Gasteiger charge is -2.35. The quantitative estimate of drug-likeness (QED) is 0.925. The minimum atomic E-state index is -0.288. The number of hydrogen-bond acceptors (Lipinski definition) is 4. The van der Waals surface area contributed by atoms with Crippen LogP contribution in [0.25, 0.3) is 0 Å². The maximum absolute atomic E-state index is 12.0. The van der Waals surface area contributed by atoms with Crippen molar-refractivity contribution in [3.05, 3.63) is 24.3 Å². The van der Waals surface area contributed by atoms with E-state index in [9.17, 15) is 4.79 Å². The number of nitrogens with one attached hydrogen (secondary N) is 1. The summed E-state index contributed by atoms with van der Waals surface area (Å²) < 4.78 is 10.8. The molecule has 0 spiro atoms. The molecule has 2 aliphatic rings. The van der Waals surface area contributed by atoms with Crippen molar-refractivity contribution in [1.82, 2.24) is 0 Å². The number of nitrogens with zero attached hydrogens (tertiary/aromatic N) is 1. The van der Waals surface area contributed by atoms with Crippen molar-refractivity contribution in [1.29, 1.82) is 0 Å². The molecule has 3 rings (SSSR count). The minimum absolute atomic E-state index is 0.0417. The van der Waals surface area contributed by atoms with E-state index in [1.165, 1.54) is 5.69 Å². The Morgan fingerprint density at radius 2 is 2.10 bits per heavy atom. The molecule has 1 aromatic carbocycles. The molecule has 1 aromatic rings. The Morgan fingerprint density at radius 3 is 2.76 bits per heavy atom. The van der Waals surface area contributed by atoms with E-state index < -0.39 is 0 Å². The molecule has 2 unspecified atom stereocenters. The molecule has 0 saturated carbocycles. The van der Waals surface area contributed by atoms with Crippen LogP contribution in [0.3, 0.4) is 0 Å². The molecule has 2 atom stereocenters. The zero-order valence-corrected chi connectivity index (χ0v) is 12.4. The van der Waals surface area contributed by atoms with Crippen molar-refractivity contribution in [3.63, 3.8) is 0 Å². The van der Waals surface area contributed by atoms with E-state index in [-0.39, 0.29) is 12.0 Å². The van der Waals surface area contributed by atoms with Gasteiger partial charge in [-0.2, -0.15) is 0 Å². The lowest BCUT2D eigenvalue weighted by Crippen LogP contribution is -2.43. The SMILES string of the molecule is CC1COCCN1c1ccc(NC(=O)C2CCCO2)cc1. The van der Waals surface area contributed by atoms with Crippen LogP contribution in [-0.4, -0.2) is 44.4 Å². The maximum Gasteiger partial charge on any atom is 0.253 e. The summed E-state index contributed by atoms with van der Waals surface area (Å²) in [6.45, 7) is 5.28. The van der Waals surface area contributed by atoms with Crippen LogP contribution in [0.2, 0.25) is 0 Å². The zero-order valence-electron chi connectivity index (χ0n) is 12.4. The van der Waals surface area contributed by atoms with E-state index >= 15 is 0 Å². The number of hydrogen-bond donors (Lipinski definition) is 1. The zero-order chi connectivity index (χ0) is 14.7. The van der Waals surface area contributed by atoms with Crippen LogP contribution in [0.15, 0.2) is 24.3 Å². The van der Waals surface area contributed by atoms with Crippen molar-refractivity contribution in [2.24, 2.45) is 0 Å². The summed E-state index contributed by atoms with van der Waals surface area (Å²) in [5, 5.41) is 2.92. The normalized spacial score (nSPS) is 25.9. The van der Waals surface area contributed by atoms with Gasteiger partial charge in [0.2, 0.25) is 0 Å². The third-order valence-electron chi connectivity index (χ3n) is 4.06. The van der Waals surface area contributed by atoms with E-state index in [0.717, 1.165) is 38.3 Å². The second-order valence-corrected chi connectivity index (χ2v) is 5.66. The molecule has 1 N–H and O–H groups in total. The summed E-state index contributed by atoms with van der Waals surface area (Å²) >= 11 is 0. The monoisotopic (exact) mass is 290 g/mol. The van der Waals surface area contributed by atoms with Gasteiger partial charge in [0.25, 0.3) is 5.91 Å². The third kappa shape index (κ3) is 3.36. The highest BCUT2D eigenvalue weighted by Gasteiger charge is 2.23. The van der Waals surface area contributed by atoms with Gasteiger partial charge < -0.3 is 19.7 Å². The highest BCUT2D eigenvalue weighted by atomic mass is 16.5. The first-order valence-corrected chi connectivity index (χ1v) is 7.61. The lowest BCUT2D eigenvalue weighted by molar-refractivity contribution is -0.124. The number of carbonyl (C=O) groups is 1. The van der Waals surface area contributed by atoms with Gasteiger partial charge >= 0.3 is 0 Å². The molecule has 5 heteroatoms.